The van der Waals surface area contributed by atoms with Crippen LogP contribution in [-0.2, 0) is 9.47 Å². The second-order valence-electron chi connectivity index (χ2n) is 6.33. The van der Waals surface area contributed by atoms with Crippen LogP contribution >= 0.6 is 0 Å². The molecule has 1 aromatic carbocycles. The van der Waals surface area contributed by atoms with Crippen molar-refractivity contribution >= 4 is 5.84 Å². The Balaban J connectivity index is 1.94. The zero-order valence-corrected chi connectivity index (χ0v) is 13.3. The van der Waals surface area contributed by atoms with E-state index >= 15 is 0 Å². The average molecular weight is 324 g/mol. The van der Waals surface area contributed by atoms with Crippen LogP contribution in [-0.4, -0.2) is 31.6 Å². The summed E-state index contributed by atoms with van der Waals surface area (Å²) in [4.78, 5) is 4.28. The van der Waals surface area contributed by atoms with Crippen molar-refractivity contribution in [2.24, 2.45) is 21.6 Å². The number of aliphatic imine (C=N–C) groups is 1. The molecule has 1 saturated carbocycles. The van der Waals surface area contributed by atoms with Crippen molar-refractivity contribution in [3.8, 4) is 17.9 Å². The Morgan fingerprint density at radius 3 is 2.67 bits per heavy atom. The van der Waals surface area contributed by atoms with Gasteiger partial charge in [0.1, 0.15) is 17.0 Å². The molecule has 1 spiro atoms. The lowest BCUT2D eigenvalue weighted by Crippen LogP contribution is -2.39. The van der Waals surface area contributed by atoms with Crippen molar-refractivity contribution in [1.82, 2.24) is 0 Å². The Morgan fingerprint density at radius 1 is 1.33 bits per heavy atom. The van der Waals surface area contributed by atoms with Crippen LogP contribution in [0, 0.1) is 33.5 Å². The fourth-order valence-corrected chi connectivity index (χ4v) is 4.23. The number of amidine groups is 1. The van der Waals surface area contributed by atoms with Crippen LogP contribution in [0.4, 0.5) is 0 Å². The first-order valence-corrected chi connectivity index (χ1v) is 7.66. The number of methoxy groups -OCH3 is 1. The van der Waals surface area contributed by atoms with Crippen molar-refractivity contribution in [2.45, 2.75) is 24.9 Å². The molecule has 7 heteroatoms. The second kappa shape index (κ2) is 4.47. The Bertz CT molecular complexity index is 841. The van der Waals surface area contributed by atoms with Crippen LogP contribution in [0.2, 0.25) is 0 Å². The first kappa shape index (κ1) is 14.9. The molecule has 1 aliphatic carbocycles. The summed E-state index contributed by atoms with van der Waals surface area (Å²) in [6, 6.07) is 11.8. The smallest absolute Gasteiger partial charge is 0.293 e. The van der Waals surface area contributed by atoms with Crippen LogP contribution in [0.3, 0.4) is 0 Å². The van der Waals surface area contributed by atoms with Gasteiger partial charge in [0.05, 0.1) is 32.0 Å². The van der Waals surface area contributed by atoms with Gasteiger partial charge in [-0.25, -0.2) is 4.99 Å². The molecule has 1 saturated heterocycles. The quantitative estimate of drug-likeness (QED) is 0.876. The maximum Gasteiger partial charge on any atom is 0.293 e. The number of fused-ring (bicyclic) bond motifs is 2. The molecule has 122 valence electrons. The highest BCUT2D eigenvalue weighted by molar-refractivity contribution is 6.00. The van der Waals surface area contributed by atoms with Crippen LogP contribution in [0.1, 0.15) is 18.4 Å². The first-order chi connectivity index (χ1) is 11.5. The molecule has 0 radical (unpaired) electrons. The molecule has 2 aliphatic heterocycles. The Hall–Kier alpha value is -2.61. The maximum absolute atomic E-state index is 10.1. The van der Waals surface area contributed by atoms with Crippen LogP contribution in [0.15, 0.2) is 29.3 Å². The van der Waals surface area contributed by atoms with Crippen molar-refractivity contribution in [3.05, 3.63) is 29.8 Å². The number of nitriles is 2. The molecule has 3 aliphatic rings. The minimum atomic E-state index is -1.54. The molecule has 0 bridgehead atoms. The highest BCUT2D eigenvalue weighted by atomic mass is 16.8. The van der Waals surface area contributed by atoms with Crippen molar-refractivity contribution < 1.29 is 14.2 Å². The highest BCUT2D eigenvalue weighted by Crippen LogP contribution is 2.83. The number of rotatable bonds is 2. The van der Waals surface area contributed by atoms with Gasteiger partial charge >= 0.3 is 0 Å². The van der Waals surface area contributed by atoms with Gasteiger partial charge in [-0.15, -0.1) is 0 Å². The molecular formula is C17H16N4O3. The summed E-state index contributed by atoms with van der Waals surface area (Å²) in [5.41, 5.74) is 4.25. The molecule has 2 N–H and O–H groups in total. The first-order valence-electron chi connectivity index (χ1n) is 7.66. The zero-order valence-electron chi connectivity index (χ0n) is 13.3. The Labute approximate surface area is 139 Å². The molecule has 0 unspecified atom stereocenters. The molecule has 2 fully saturated rings. The van der Waals surface area contributed by atoms with Gasteiger partial charge in [-0.1, -0.05) is 18.2 Å². The predicted octanol–water partition coefficient (Wildman–Crippen LogP) is 1.27. The topological polar surface area (TPSA) is 114 Å². The predicted molar refractivity (Wildman–Crippen MR) is 82.7 cm³/mol. The van der Waals surface area contributed by atoms with Crippen molar-refractivity contribution in [3.63, 3.8) is 0 Å². The van der Waals surface area contributed by atoms with E-state index in [4.69, 9.17) is 19.9 Å². The number of hydrogen-bond acceptors (Lipinski definition) is 7. The third-order valence-electron chi connectivity index (χ3n) is 5.25. The van der Waals surface area contributed by atoms with E-state index < -0.39 is 22.7 Å². The van der Waals surface area contributed by atoms with E-state index in [1.807, 2.05) is 25.1 Å². The normalized spacial score (nSPS) is 42.1. The third-order valence-corrected chi connectivity index (χ3v) is 5.25. The fraction of sp³-hybridized carbons (Fsp3) is 0.471. The minimum absolute atomic E-state index is 0.0801. The summed E-state index contributed by atoms with van der Waals surface area (Å²) in [5.74, 6) is -1.39. The summed E-state index contributed by atoms with van der Waals surface area (Å²) in [6.07, 6.45) is -0.236. The zero-order chi connectivity index (χ0) is 17.2. The van der Waals surface area contributed by atoms with Crippen LogP contribution in [0.5, 0.6) is 5.75 Å². The lowest BCUT2D eigenvalue weighted by atomic mass is 9.93. The molecule has 5 atom stereocenters. The highest BCUT2D eigenvalue weighted by Gasteiger charge is 2.94. The van der Waals surface area contributed by atoms with Gasteiger partial charge in [0, 0.05) is 11.5 Å². The Kier molecular flexibility index (Phi) is 2.79. The van der Waals surface area contributed by atoms with Gasteiger partial charge in [-0.05, 0) is 13.0 Å². The summed E-state index contributed by atoms with van der Waals surface area (Å²) < 4.78 is 17.1. The van der Waals surface area contributed by atoms with Crippen LogP contribution < -0.4 is 10.5 Å². The molecule has 4 rings (SSSR count). The lowest BCUT2D eigenvalue weighted by Gasteiger charge is -2.26. The molecule has 0 aromatic heterocycles. The van der Waals surface area contributed by atoms with E-state index in [2.05, 4.69) is 17.1 Å². The number of hydrogen-bond donors (Lipinski definition) is 1. The van der Waals surface area contributed by atoms with Gasteiger partial charge in [0.2, 0.25) is 0 Å². The van der Waals surface area contributed by atoms with E-state index in [-0.39, 0.29) is 11.9 Å². The standard InChI is InChI=1S/C17H16N4O3/c1-10-7-23-17(24-10)16(9-19)13(15(16,8-18)14(20)21-17)11-5-3-4-6-12(11)22-2/h3-6,10,13H,7H2,1-2H3,(H2,20,21)/t10-,13-,15-,16-,17+/m1/s1. The van der Waals surface area contributed by atoms with E-state index in [1.54, 1.807) is 13.2 Å². The number of nitrogens with two attached hydrogens (primary N) is 1. The fourth-order valence-electron chi connectivity index (χ4n) is 4.23. The summed E-state index contributed by atoms with van der Waals surface area (Å²) in [5, 5.41) is 20.0. The van der Waals surface area contributed by atoms with Gasteiger partial charge < -0.3 is 19.9 Å². The molecule has 24 heavy (non-hydrogen) atoms. The molecule has 7 nitrogen and oxygen atoms in total. The summed E-state index contributed by atoms with van der Waals surface area (Å²) in [7, 11) is 1.55. The van der Waals surface area contributed by atoms with Crippen LogP contribution in [0.25, 0.3) is 0 Å². The van der Waals surface area contributed by atoms with Gasteiger partial charge in [-0.2, -0.15) is 10.5 Å². The maximum atomic E-state index is 10.1. The molecular weight excluding hydrogens is 308 g/mol. The molecule has 2 heterocycles. The average Bonchev–Trinajstić information content (AvgIpc) is 2.98. The summed E-state index contributed by atoms with van der Waals surface area (Å²) >= 11 is 0. The molecule has 0 amide bonds. The van der Waals surface area contributed by atoms with Gasteiger partial charge in [0.15, 0.2) is 5.41 Å². The third kappa shape index (κ3) is 1.32. The van der Waals surface area contributed by atoms with Crippen molar-refractivity contribution in [2.75, 3.05) is 13.7 Å². The van der Waals surface area contributed by atoms with Gasteiger partial charge in [-0.3, -0.25) is 0 Å². The van der Waals surface area contributed by atoms with E-state index in [1.165, 1.54) is 0 Å². The van der Waals surface area contributed by atoms with E-state index in [0.29, 0.717) is 12.4 Å². The molecule has 1 aromatic rings. The number of nitrogens with zero attached hydrogens (tertiary/aromatic N) is 3. The Morgan fingerprint density at radius 2 is 2.08 bits per heavy atom. The van der Waals surface area contributed by atoms with Gasteiger partial charge in [0.25, 0.3) is 5.91 Å². The number of benzene rings is 1. The summed E-state index contributed by atoms with van der Waals surface area (Å²) in [6.45, 7) is 2.12. The lowest BCUT2D eigenvalue weighted by molar-refractivity contribution is -0.193. The number of para-hydroxylation sites is 1. The van der Waals surface area contributed by atoms with E-state index in [9.17, 15) is 10.5 Å². The second-order valence-corrected chi connectivity index (χ2v) is 6.33. The largest absolute Gasteiger partial charge is 0.496 e. The number of ether oxygens (including phenoxy) is 3. The van der Waals surface area contributed by atoms with Crippen molar-refractivity contribution in [1.29, 1.82) is 10.5 Å². The minimum Gasteiger partial charge on any atom is -0.496 e. The SMILES string of the molecule is COc1ccccc1[C@H]1[C@@]2(C#N)[C@]3(N=C(N)[C@@]12C#N)OC[C@@H](C)O3. The van der Waals surface area contributed by atoms with E-state index in [0.717, 1.165) is 5.56 Å². The monoisotopic (exact) mass is 324 g/mol.